The Kier molecular flexibility index (Phi) is 4.36. The Bertz CT molecular complexity index is 587. The summed E-state index contributed by atoms with van der Waals surface area (Å²) < 4.78 is 38.4. The summed E-state index contributed by atoms with van der Waals surface area (Å²) in [5.74, 6) is -0.224. The van der Waals surface area contributed by atoms with Gasteiger partial charge in [-0.25, -0.2) is 0 Å². The predicted octanol–water partition coefficient (Wildman–Crippen LogP) is 3.15. The Hall–Kier alpha value is -1.56. The lowest BCUT2D eigenvalue weighted by Gasteiger charge is -2.35. The van der Waals surface area contributed by atoms with E-state index in [4.69, 9.17) is 5.73 Å². The van der Waals surface area contributed by atoms with Gasteiger partial charge in [0, 0.05) is 25.0 Å². The number of carbonyl (C=O) groups is 1. The maximum atomic E-state index is 12.8. The summed E-state index contributed by atoms with van der Waals surface area (Å²) in [4.78, 5) is 14.5. The second-order valence-electron chi connectivity index (χ2n) is 6.49. The van der Waals surface area contributed by atoms with E-state index >= 15 is 0 Å². The van der Waals surface area contributed by atoms with E-state index in [1.807, 2.05) is 4.90 Å². The molecule has 1 aliphatic carbocycles. The van der Waals surface area contributed by atoms with Gasteiger partial charge >= 0.3 is 6.18 Å². The molecule has 1 saturated heterocycles. The topological polar surface area (TPSA) is 46.3 Å². The molecule has 0 aromatic heterocycles. The molecule has 6 heteroatoms. The van der Waals surface area contributed by atoms with Crippen molar-refractivity contribution in [3.05, 3.63) is 35.4 Å². The average molecular weight is 326 g/mol. The molecular formula is C17H21F3N2O. The second kappa shape index (κ2) is 6.15. The van der Waals surface area contributed by atoms with Crippen molar-refractivity contribution in [1.82, 2.24) is 4.90 Å². The van der Waals surface area contributed by atoms with Crippen LogP contribution in [0.25, 0.3) is 0 Å². The number of benzene rings is 1. The van der Waals surface area contributed by atoms with Gasteiger partial charge in [0.25, 0.3) is 0 Å². The van der Waals surface area contributed by atoms with Crippen LogP contribution >= 0.6 is 0 Å². The Morgan fingerprint density at radius 2 is 2.09 bits per heavy atom. The van der Waals surface area contributed by atoms with Crippen molar-refractivity contribution in [3.63, 3.8) is 0 Å². The average Bonchev–Trinajstić information content (AvgIpc) is 3.34. The number of nitrogens with zero attached hydrogens (tertiary/aromatic N) is 1. The molecule has 3 nitrogen and oxygen atoms in total. The summed E-state index contributed by atoms with van der Waals surface area (Å²) >= 11 is 0. The van der Waals surface area contributed by atoms with Crippen molar-refractivity contribution >= 4 is 5.91 Å². The molecule has 1 aliphatic heterocycles. The van der Waals surface area contributed by atoms with E-state index in [0.29, 0.717) is 25.1 Å². The summed E-state index contributed by atoms with van der Waals surface area (Å²) in [6, 6.07) is 5.43. The van der Waals surface area contributed by atoms with Crippen molar-refractivity contribution in [2.75, 3.05) is 13.1 Å². The van der Waals surface area contributed by atoms with Gasteiger partial charge in [-0.2, -0.15) is 13.2 Å². The molecule has 1 aromatic carbocycles. The third-order valence-electron chi connectivity index (χ3n) is 4.93. The van der Waals surface area contributed by atoms with E-state index in [-0.39, 0.29) is 23.8 Å². The van der Waals surface area contributed by atoms with E-state index in [2.05, 4.69) is 0 Å². The van der Waals surface area contributed by atoms with Crippen LogP contribution in [0, 0.1) is 5.92 Å². The van der Waals surface area contributed by atoms with Gasteiger partial charge in [0.05, 0.1) is 5.56 Å². The molecule has 1 amide bonds. The lowest BCUT2D eigenvalue weighted by atomic mass is 10.0. The molecule has 2 aliphatic rings. The Labute approximate surface area is 133 Å². The third kappa shape index (κ3) is 3.37. The first kappa shape index (κ1) is 16.3. The van der Waals surface area contributed by atoms with Crippen molar-refractivity contribution in [1.29, 1.82) is 0 Å². The summed E-state index contributed by atoms with van der Waals surface area (Å²) in [5, 5.41) is 0. The third-order valence-corrected chi connectivity index (χ3v) is 4.93. The highest BCUT2D eigenvalue weighted by Gasteiger charge is 2.47. The van der Waals surface area contributed by atoms with Crippen LogP contribution in [0.3, 0.4) is 0 Å². The van der Waals surface area contributed by atoms with Crippen LogP contribution < -0.4 is 5.73 Å². The molecule has 0 spiro atoms. The number of carbonyl (C=O) groups excluding carboxylic acids is 1. The number of piperidine rings is 1. The van der Waals surface area contributed by atoms with Crippen LogP contribution in [-0.2, 0) is 11.0 Å². The van der Waals surface area contributed by atoms with Crippen LogP contribution in [0.1, 0.15) is 42.7 Å². The molecule has 1 aromatic rings. The van der Waals surface area contributed by atoms with Gasteiger partial charge in [-0.05, 0) is 43.2 Å². The number of halogens is 3. The molecule has 0 bridgehead atoms. The molecule has 126 valence electrons. The van der Waals surface area contributed by atoms with Crippen LogP contribution in [0.4, 0.5) is 13.2 Å². The lowest BCUT2D eigenvalue weighted by Crippen LogP contribution is -2.48. The number of hydrogen-bond donors (Lipinski definition) is 1. The summed E-state index contributed by atoms with van der Waals surface area (Å²) in [7, 11) is 0. The van der Waals surface area contributed by atoms with E-state index < -0.39 is 11.7 Å². The number of alkyl halides is 3. The number of amides is 1. The van der Waals surface area contributed by atoms with Crippen molar-refractivity contribution in [2.45, 2.75) is 43.8 Å². The SMILES string of the molecule is NCC1CCCCN1C(=O)C1CC1c1cccc(C(F)(F)F)c1. The fraction of sp³-hybridized carbons (Fsp3) is 0.588. The zero-order valence-electron chi connectivity index (χ0n) is 12.9. The van der Waals surface area contributed by atoms with Gasteiger partial charge in [0.2, 0.25) is 5.91 Å². The summed E-state index contributed by atoms with van der Waals surface area (Å²) in [5.41, 5.74) is 5.71. The van der Waals surface area contributed by atoms with Crippen molar-refractivity contribution < 1.29 is 18.0 Å². The number of hydrogen-bond acceptors (Lipinski definition) is 2. The van der Waals surface area contributed by atoms with E-state index in [0.717, 1.165) is 25.3 Å². The predicted molar refractivity (Wildman–Crippen MR) is 80.7 cm³/mol. The smallest absolute Gasteiger partial charge is 0.338 e. The molecular weight excluding hydrogens is 305 g/mol. The first-order valence-corrected chi connectivity index (χ1v) is 8.09. The van der Waals surface area contributed by atoms with Crippen molar-refractivity contribution in [3.8, 4) is 0 Å². The fourth-order valence-corrected chi connectivity index (χ4v) is 3.53. The number of likely N-dealkylation sites (tertiary alicyclic amines) is 1. The molecule has 3 rings (SSSR count). The molecule has 2 N–H and O–H groups in total. The minimum absolute atomic E-state index is 0.0579. The maximum absolute atomic E-state index is 12.8. The Morgan fingerprint density at radius 3 is 2.78 bits per heavy atom. The summed E-state index contributed by atoms with van der Waals surface area (Å²) in [6.45, 7) is 1.17. The second-order valence-corrected chi connectivity index (χ2v) is 6.49. The van der Waals surface area contributed by atoms with Gasteiger partial charge in [0.1, 0.15) is 0 Å². The van der Waals surface area contributed by atoms with Crippen LogP contribution in [0.15, 0.2) is 24.3 Å². The molecule has 2 fully saturated rings. The molecule has 0 radical (unpaired) electrons. The first-order valence-electron chi connectivity index (χ1n) is 8.09. The summed E-state index contributed by atoms with van der Waals surface area (Å²) in [6.07, 6.45) is -0.740. The molecule has 3 atom stereocenters. The molecule has 23 heavy (non-hydrogen) atoms. The number of rotatable bonds is 3. The molecule has 3 unspecified atom stereocenters. The number of nitrogens with two attached hydrogens (primary N) is 1. The van der Waals surface area contributed by atoms with Gasteiger partial charge in [-0.1, -0.05) is 18.2 Å². The molecule has 1 saturated carbocycles. The molecule has 1 heterocycles. The van der Waals surface area contributed by atoms with Crippen LogP contribution in [-0.4, -0.2) is 29.9 Å². The maximum Gasteiger partial charge on any atom is 0.416 e. The Balaban J connectivity index is 1.70. The first-order chi connectivity index (χ1) is 10.9. The van der Waals surface area contributed by atoms with Gasteiger partial charge in [-0.15, -0.1) is 0 Å². The minimum atomic E-state index is -4.35. The minimum Gasteiger partial charge on any atom is -0.338 e. The van der Waals surface area contributed by atoms with Gasteiger partial charge in [0.15, 0.2) is 0 Å². The highest BCUT2D eigenvalue weighted by atomic mass is 19.4. The van der Waals surface area contributed by atoms with Crippen LogP contribution in [0.5, 0.6) is 0 Å². The Morgan fingerprint density at radius 1 is 1.30 bits per heavy atom. The largest absolute Gasteiger partial charge is 0.416 e. The van der Waals surface area contributed by atoms with E-state index in [1.165, 1.54) is 12.1 Å². The standard InChI is InChI=1S/C17H21F3N2O/c18-17(19,20)12-5-3-4-11(8-12)14-9-15(14)16(23)22-7-2-1-6-13(22)10-21/h3-5,8,13-15H,1-2,6-7,9-10,21H2. The highest BCUT2D eigenvalue weighted by Crippen LogP contribution is 2.49. The highest BCUT2D eigenvalue weighted by molar-refractivity contribution is 5.83. The lowest BCUT2D eigenvalue weighted by molar-refractivity contribution is -0.137. The van der Waals surface area contributed by atoms with Gasteiger partial charge < -0.3 is 10.6 Å². The van der Waals surface area contributed by atoms with E-state index in [9.17, 15) is 18.0 Å². The van der Waals surface area contributed by atoms with E-state index in [1.54, 1.807) is 6.07 Å². The van der Waals surface area contributed by atoms with Crippen LogP contribution in [0.2, 0.25) is 0 Å². The quantitative estimate of drug-likeness (QED) is 0.927. The zero-order chi connectivity index (χ0) is 16.6. The van der Waals surface area contributed by atoms with Gasteiger partial charge in [-0.3, -0.25) is 4.79 Å². The zero-order valence-corrected chi connectivity index (χ0v) is 12.9. The fourth-order valence-electron chi connectivity index (χ4n) is 3.53. The normalized spacial score (nSPS) is 27.8. The van der Waals surface area contributed by atoms with Crippen molar-refractivity contribution in [2.24, 2.45) is 11.7 Å². The monoisotopic (exact) mass is 326 g/mol.